The minimum Gasteiger partial charge on any atom is -0.493 e. The molecule has 0 atom stereocenters. The number of rotatable bonds is 4. The molecule has 0 spiro atoms. The van der Waals surface area contributed by atoms with Gasteiger partial charge >= 0.3 is 5.97 Å². The van der Waals surface area contributed by atoms with Crippen LogP contribution in [0.15, 0.2) is 46.2 Å². The molecule has 6 nitrogen and oxygen atoms in total. The first-order valence-electron chi connectivity index (χ1n) is 7.71. The number of aromatic carboxylic acids is 1. The molecular weight excluding hydrogens is 354 g/mol. The third-order valence-corrected chi connectivity index (χ3v) is 5.09. The van der Waals surface area contributed by atoms with Crippen LogP contribution >= 0.6 is 11.8 Å². The molecule has 0 aliphatic carbocycles. The zero-order valence-electron chi connectivity index (χ0n) is 14.5. The van der Waals surface area contributed by atoms with Gasteiger partial charge in [0, 0.05) is 11.9 Å². The van der Waals surface area contributed by atoms with Gasteiger partial charge in [-0.1, -0.05) is 17.8 Å². The molecule has 134 valence electrons. The first-order chi connectivity index (χ1) is 12.4. The number of amides is 1. The van der Waals surface area contributed by atoms with E-state index >= 15 is 0 Å². The van der Waals surface area contributed by atoms with Crippen LogP contribution in [-0.4, -0.2) is 38.3 Å². The van der Waals surface area contributed by atoms with E-state index in [0.29, 0.717) is 22.1 Å². The monoisotopic (exact) mass is 371 g/mol. The molecule has 26 heavy (non-hydrogen) atoms. The van der Waals surface area contributed by atoms with E-state index < -0.39 is 5.97 Å². The molecule has 0 unspecified atom stereocenters. The van der Waals surface area contributed by atoms with Crippen LogP contribution in [0.4, 0.5) is 5.69 Å². The molecule has 1 N–H and O–H groups in total. The SMILES string of the molecule is COc1ccc(C=C2Sc3ccc(C(=O)O)cc3N(C)C2=O)cc1OC. The van der Waals surface area contributed by atoms with Crippen LogP contribution in [-0.2, 0) is 4.79 Å². The summed E-state index contributed by atoms with van der Waals surface area (Å²) < 4.78 is 10.5. The maximum atomic E-state index is 12.7. The van der Waals surface area contributed by atoms with Crippen molar-refractivity contribution in [3.8, 4) is 11.5 Å². The third-order valence-electron chi connectivity index (χ3n) is 4.01. The van der Waals surface area contributed by atoms with Gasteiger partial charge in [0.2, 0.25) is 0 Å². The second kappa shape index (κ2) is 7.13. The number of likely N-dealkylation sites (N-methyl/N-ethyl adjacent to an activating group) is 1. The number of fused-ring (bicyclic) bond motifs is 1. The van der Waals surface area contributed by atoms with Crippen molar-refractivity contribution in [3.63, 3.8) is 0 Å². The molecule has 2 aromatic carbocycles. The van der Waals surface area contributed by atoms with Crippen molar-refractivity contribution in [2.45, 2.75) is 4.90 Å². The second-order valence-corrected chi connectivity index (χ2v) is 6.66. The average Bonchev–Trinajstić information content (AvgIpc) is 2.65. The Balaban J connectivity index is 1.99. The van der Waals surface area contributed by atoms with Gasteiger partial charge in [0.1, 0.15) is 0 Å². The van der Waals surface area contributed by atoms with Crippen LogP contribution in [0.3, 0.4) is 0 Å². The average molecular weight is 371 g/mol. The summed E-state index contributed by atoms with van der Waals surface area (Å²) in [6.07, 6.45) is 1.78. The summed E-state index contributed by atoms with van der Waals surface area (Å²) >= 11 is 1.31. The standard InChI is InChI=1S/C19H17NO5S/c1-20-13-10-12(19(22)23)5-7-16(13)26-17(18(20)21)9-11-4-6-14(24-2)15(8-11)25-3/h4-10H,1-3H3,(H,22,23). The molecule has 0 radical (unpaired) electrons. The molecule has 7 heteroatoms. The second-order valence-electron chi connectivity index (χ2n) is 5.58. The van der Waals surface area contributed by atoms with E-state index in [4.69, 9.17) is 14.6 Å². The fraction of sp³-hybridized carbons (Fsp3) is 0.158. The molecule has 1 aliphatic heterocycles. The number of hydrogen-bond donors (Lipinski definition) is 1. The van der Waals surface area contributed by atoms with Gasteiger partial charge in [-0.05, 0) is 42.0 Å². The lowest BCUT2D eigenvalue weighted by molar-refractivity contribution is -0.114. The number of nitrogens with zero attached hydrogens (tertiary/aromatic N) is 1. The van der Waals surface area contributed by atoms with Crippen molar-refractivity contribution < 1.29 is 24.2 Å². The molecule has 0 saturated heterocycles. The summed E-state index contributed by atoms with van der Waals surface area (Å²) in [7, 11) is 4.75. The minimum atomic E-state index is -1.02. The van der Waals surface area contributed by atoms with Gasteiger partial charge in [-0.2, -0.15) is 0 Å². The van der Waals surface area contributed by atoms with Gasteiger partial charge in [0.15, 0.2) is 11.5 Å². The lowest BCUT2D eigenvalue weighted by Gasteiger charge is -2.27. The topological polar surface area (TPSA) is 76.1 Å². The summed E-state index contributed by atoms with van der Waals surface area (Å²) in [6.45, 7) is 0. The molecule has 1 amide bonds. The fourth-order valence-electron chi connectivity index (χ4n) is 2.62. The van der Waals surface area contributed by atoms with E-state index in [1.807, 2.05) is 6.07 Å². The number of carbonyl (C=O) groups excluding carboxylic acids is 1. The molecule has 0 saturated carbocycles. The van der Waals surface area contributed by atoms with Crippen LogP contribution in [0.1, 0.15) is 15.9 Å². The predicted molar refractivity (Wildman–Crippen MR) is 100 cm³/mol. The van der Waals surface area contributed by atoms with E-state index in [9.17, 15) is 9.59 Å². The van der Waals surface area contributed by atoms with Gasteiger partial charge in [0.05, 0.1) is 30.4 Å². The Hall–Kier alpha value is -2.93. The Labute approximate surface area is 155 Å². The highest BCUT2D eigenvalue weighted by Gasteiger charge is 2.27. The van der Waals surface area contributed by atoms with Crippen molar-refractivity contribution in [1.82, 2.24) is 0 Å². The predicted octanol–water partition coefficient (Wildman–Crippen LogP) is 3.51. The van der Waals surface area contributed by atoms with Crippen LogP contribution in [0, 0.1) is 0 Å². The molecule has 3 rings (SSSR count). The fourth-order valence-corrected chi connectivity index (χ4v) is 3.71. The lowest BCUT2D eigenvalue weighted by Crippen LogP contribution is -2.30. The summed E-state index contributed by atoms with van der Waals surface area (Å²) in [5, 5.41) is 9.13. The van der Waals surface area contributed by atoms with Gasteiger partial charge in [-0.15, -0.1) is 0 Å². The Morgan fingerprint density at radius 2 is 1.85 bits per heavy atom. The van der Waals surface area contributed by atoms with E-state index in [2.05, 4.69) is 0 Å². The Morgan fingerprint density at radius 1 is 1.12 bits per heavy atom. The Morgan fingerprint density at radius 3 is 2.50 bits per heavy atom. The van der Waals surface area contributed by atoms with E-state index in [1.165, 1.54) is 28.8 Å². The van der Waals surface area contributed by atoms with E-state index in [1.54, 1.807) is 45.5 Å². The van der Waals surface area contributed by atoms with Crippen molar-refractivity contribution in [2.24, 2.45) is 0 Å². The van der Waals surface area contributed by atoms with Crippen molar-refractivity contribution in [1.29, 1.82) is 0 Å². The van der Waals surface area contributed by atoms with E-state index in [0.717, 1.165) is 10.5 Å². The number of benzene rings is 2. The highest BCUT2D eigenvalue weighted by atomic mass is 32.2. The normalized spacial score (nSPS) is 15.0. The minimum absolute atomic E-state index is 0.149. The van der Waals surface area contributed by atoms with Crippen LogP contribution in [0.5, 0.6) is 11.5 Å². The van der Waals surface area contributed by atoms with Gasteiger partial charge in [-0.25, -0.2) is 4.79 Å². The number of carboxylic acids is 1. The zero-order valence-corrected chi connectivity index (χ0v) is 15.3. The van der Waals surface area contributed by atoms with Crippen molar-refractivity contribution >= 4 is 35.4 Å². The quantitative estimate of drug-likeness (QED) is 0.829. The van der Waals surface area contributed by atoms with Crippen LogP contribution in [0.2, 0.25) is 0 Å². The maximum absolute atomic E-state index is 12.7. The number of anilines is 1. The van der Waals surface area contributed by atoms with Gasteiger partial charge in [0.25, 0.3) is 5.91 Å². The van der Waals surface area contributed by atoms with Crippen molar-refractivity contribution in [2.75, 3.05) is 26.2 Å². The largest absolute Gasteiger partial charge is 0.493 e. The molecule has 0 bridgehead atoms. The highest BCUT2D eigenvalue weighted by molar-refractivity contribution is 8.04. The number of carbonyl (C=O) groups is 2. The summed E-state index contributed by atoms with van der Waals surface area (Å²) in [4.78, 5) is 26.7. The van der Waals surface area contributed by atoms with Crippen molar-refractivity contribution in [3.05, 3.63) is 52.4 Å². The number of carboxylic acid groups (broad SMARTS) is 1. The molecule has 2 aromatic rings. The molecule has 0 aromatic heterocycles. The Kier molecular flexibility index (Phi) is 4.90. The highest BCUT2D eigenvalue weighted by Crippen LogP contribution is 2.42. The number of thioether (sulfide) groups is 1. The van der Waals surface area contributed by atoms with Crippen LogP contribution < -0.4 is 14.4 Å². The summed E-state index contributed by atoms with van der Waals surface area (Å²) in [5.74, 6) is -0.0268. The van der Waals surface area contributed by atoms with Gasteiger partial charge in [-0.3, -0.25) is 4.79 Å². The van der Waals surface area contributed by atoms with Gasteiger partial charge < -0.3 is 19.5 Å². The molecule has 1 aliphatic rings. The zero-order chi connectivity index (χ0) is 18.8. The molecule has 0 fully saturated rings. The third kappa shape index (κ3) is 3.25. The number of ether oxygens (including phenoxy) is 2. The molecule has 1 heterocycles. The first-order valence-corrected chi connectivity index (χ1v) is 8.53. The number of methoxy groups -OCH3 is 2. The number of hydrogen-bond acceptors (Lipinski definition) is 5. The maximum Gasteiger partial charge on any atom is 0.335 e. The van der Waals surface area contributed by atoms with Crippen LogP contribution in [0.25, 0.3) is 6.08 Å². The first kappa shape index (κ1) is 17.9. The van der Waals surface area contributed by atoms with E-state index in [-0.39, 0.29) is 11.5 Å². The Bertz CT molecular complexity index is 922. The lowest BCUT2D eigenvalue weighted by atomic mass is 10.1. The molecular formula is C19H17NO5S. The summed E-state index contributed by atoms with van der Waals surface area (Å²) in [6, 6.07) is 10.2. The smallest absolute Gasteiger partial charge is 0.335 e. The summed E-state index contributed by atoms with van der Waals surface area (Å²) in [5.41, 5.74) is 1.54.